The van der Waals surface area contributed by atoms with Gasteiger partial charge in [0, 0.05) is 13.2 Å². The largest absolute Gasteiger partial charge is 0.352 e. The lowest BCUT2D eigenvalue weighted by atomic mass is 10.1. The zero-order valence-electron chi connectivity index (χ0n) is 14.9. The predicted molar refractivity (Wildman–Crippen MR) is 92.7 cm³/mol. The van der Waals surface area contributed by atoms with Gasteiger partial charge in [0.1, 0.15) is 0 Å². The molecule has 22 heavy (non-hydrogen) atoms. The molecule has 0 fully saturated rings. The van der Waals surface area contributed by atoms with Crippen LogP contribution in [0.1, 0.15) is 97.3 Å². The third kappa shape index (κ3) is 15.8. The van der Waals surface area contributed by atoms with E-state index < -0.39 is 0 Å². The molecule has 0 saturated heterocycles. The number of ether oxygens (including phenoxy) is 2. The molecule has 0 aliphatic rings. The van der Waals surface area contributed by atoms with Gasteiger partial charge in [0.2, 0.25) is 0 Å². The third-order valence-electron chi connectivity index (χ3n) is 3.86. The Labute approximate surface area is 138 Å². The first kappa shape index (κ1) is 21.4. The summed E-state index contributed by atoms with van der Waals surface area (Å²) >= 11 is 0. The summed E-state index contributed by atoms with van der Waals surface area (Å²) in [4.78, 5) is 0. The number of hydrogen-bond acceptors (Lipinski definition) is 3. The van der Waals surface area contributed by atoms with Crippen molar-refractivity contribution in [2.75, 3.05) is 13.2 Å². The molecule has 0 aromatic rings. The molecule has 0 aromatic heterocycles. The Kier molecular flexibility index (Phi) is 18.0. The van der Waals surface area contributed by atoms with E-state index in [0.717, 1.165) is 26.1 Å². The van der Waals surface area contributed by atoms with Crippen LogP contribution in [-0.2, 0) is 9.47 Å². The Morgan fingerprint density at radius 3 is 1.50 bits per heavy atom. The van der Waals surface area contributed by atoms with Crippen molar-refractivity contribution in [3.8, 4) is 6.07 Å². The third-order valence-corrected chi connectivity index (χ3v) is 3.86. The maximum absolute atomic E-state index is 8.83. The standard InChI is InChI=1S/C19H37NO2/c1-3-5-7-9-11-13-17-21-19(15-16-20)22-18-14-12-10-8-6-4-2/h19H,3-15,17-18H2,1-2H3. The van der Waals surface area contributed by atoms with Gasteiger partial charge in [-0.3, -0.25) is 0 Å². The van der Waals surface area contributed by atoms with Gasteiger partial charge in [-0.2, -0.15) is 5.26 Å². The molecular formula is C19H37NO2. The summed E-state index contributed by atoms with van der Waals surface area (Å²) < 4.78 is 11.4. The van der Waals surface area contributed by atoms with Gasteiger partial charge in [-0.1, -0.05) is 78.1 Å². The number of nitrogens with zero attached hydrogens (tertiary/aromatic N) is 1. The molecule has 130 valence electrons. The van der Waals surface area contributed by atoms with Crippen LogP contribution in [0, 0.1) is 11.3 Å². The van der Waals surface area contributed by atoms with Gasteiger partial charge < -0.3 is 9.47 Å². The first-order valence-corrected chi connectivity index (χ1v) is 9.45. The first-order valence-electron chi connectivity index (χ1n) is 9.45. The molecule has 0 unspecified atom stereocenters. The summed E-state index contributed by atoms with van der Waals surface area (Å²) in [6, 6.07) is 2.16. The smallest absolute Gasteiger partial charge is 0.170 e. The normalized spacial score (nSPS) is 11.0. The fourth-order valence-electron chi connectivity index (χ4n) is 2.43. The Morgan fingerprint density at radius 1 is 0.682 bits per heavy atom. The zero-order chi connectivity index (χ0) is 16.3. The van der Waals surface area contributed by atoms with Crippen molar-refractivity contribution in [2.45, 2.75) is 104 Å². The molecular weight excluding hydrogens is 274 g/mol. The number of unbranched alkanes of at least 4 members (excludes halogenated alkanes) is 10. The van der Waals surface area contributed by atoms with Crippen molar-refractivity contribution in [3.63, 3.8) is 0 Å². The molecule has 0 aliphatic carbocycles. The summed E-state index contributed by atoms with van der Waals surface area (Å²) in [5.41, 5.74) is 0. The predicted octanol–water partition coefficient (Wildman–Crippen LogP) is 5.98. The maximum atomic E-state index is 8.83. The van der Waals surface area contributed by atoms with Crippen molar-refractivity contribution in [3.05, 3.63) is 0 Å². The lowest BCUT2D eigenvalue weighted by Gasteiger charge is -2.16. The molecule has 0 saturated carbocycles. The van der Waals surface area contributed by atoms with E-state index in [1.807, 2.05) is 0 Å². The highest BCUT2D eigenvalue weighted by Gasteiger charge is 2.08. The van der Waals surface area contributed by atoms with Crippen LogP contribution >= 0.6 is 0 Å². The molecule has 0 rings (SSSR count). The monoisotopic (exact) mass is 311 g/mol. The van der Waals surface area contributed by atoms with E-state index in [1.54, 1.807) is 0 Å². The van der Waals surface area contributed by atoms with Gasteiger partial charge in [0.05, 0.1) is 12.5 Å². The summed E-state index contributed by atoms with van der Waals surface area (Å²) in [7, 11) is 0. The van der Waals surface area contributed by atoms with E-state index in [0.29, 0.717) is 6.42 Å². The van der Waals surface area contributed by atoms with Crippen molar-refractivity contribution in [2.24, 2.45) is 0 Å². The fourth-order valence-corrected chi connectivity index (χ4v) is 2.43. The van der Waals surface area contributed by atoms with E-state index in [-0.39, 0.29) is 6.29 Å². The lowest BCUT2D eigenvalue weighted by molar-refractivity contribution is -0.140. The molecule has 0 N–H and O–H groups in total. The van der Waals surface area contributed by atoms with Crippen LogP contribution in [0.25, 0.3) is 0 Å². The maximum Gasteiger partial charge on any atom is 0.170 e. The molecule has 3 nitrogen and oxygen atoms in total. The molecule has 0 aliphatic heterocycles. The number of nitriles is 1. The van der Waals surface area contributed by atoms with Crippen LogP contribution in [0.5, 0.6) is 0 Å². The molecule has 0 amide bonds. The van der Waals surface area contributed by atoms with Gasteiger partial charge in [-0.25, -0.2) is 0 Å². The topological polar surface area (TPSA) is 42.2 Å². The highest BCUT2D eigenvalue weighted by atomic mass is 16.7. The average Bonchev–Trinajstić information content (AvgIpc) is 2.53. The minimum Gasteiger partial charge on any atom is -0.352 e. The van der Waals surface area contributed by atoms with E-state index >= 15 is 0 Å². The minimum absolute atomic E-state index is 0.323. The number of hydrogen-bond donors (Lipinski definition) is 0. The Balaban J connectivity index is 3.47. The highest BCUT2D eigenvalue weighted by Crippen LogP contribution is 2.09. The van der Waals surface area contributed by atoms with Gasteiger partial charge in [0.25, 0.3) is 0 Å². The summed E-state index contributed by atoms with van der Waals surface area (Å²) in [5.74, 6) is 0. The van der Waals surface area contributed by atoms with E-state index in [2.05, 4.69) is 19.9 Å². The van der Waals surface area contributed by atoms with Crippen molar-refractivity contribution < 1.29 is 9.47 Å². The van der Waals surface area contributed by atoms with Crippen LogP contribution in [0.4, 0.5) is 0 Å². The molecule has 0 atom stereocenters. The Bertz CT molecular complexity index is 232. The van der Waals surface area contributed by atoms with Crippen LogP contribution in [0.15, 0.2) is 0 Å². The Hall–Kier alpha value is -0.590. The number of rotatable bonds is 17. The van der Waals surface area contributed by atoms with Crippen LogP contribution in [-0.4, -0.2) is 19.5 Å². The van der Waals surface area contributed by atoms with Gasteiger partial charge in [0.15, 0.2) is 6.29 Å². The summed E-state index contributed by atoms with van der Waals surface area (Å²) in [5, 5.41) is 8.83. The zero-order valence-corrected chi connectivity index (χ0v) is 14.9. The van der Waals surface area contributed by atoms with Crippen molar-refractivity contribution in [1.29, 1.82) is 5.26 Å². The van der Waals surface area contributed by atoms with Gasteiger partial charge in [-0.05, 0) is 12.8 Å². The molecule has 0 aromatic carbocycles. The molecule has 0 bridgehead atoms. The average molecular weight is 312 g/mol. The van der Waals surface area contributed by atoms with Gasteiger partial charge in [-0.15, -0.1) is 0 Å². The molecule has 0 heterocycles. The van der Waals surface area contributed by atoms with Crippen LogP contribution < -0.4 is 0 Å². The summed E-state index contributed by atoms with van der Waals surface area (Å²) in [6.07, 6.45) is 15.1. The van der Waals surface area contributed by atoms with E-state index in [9.17, 15) is 0 Å². The highest BCUT2D eigenvalue weighted by molar-refractivity contribution is 4.71. The van der Waals surface area contributed by atoms with Crippen molar-refractivity contribution >= 4 is 0 Å². The fraction of sp³-hybridized carbons (Fsp3) is 0.947. The molecule has 3 heteroatoms. The quantitative estimate of drug-likeness (QED) is 0.245. The lowest BCUT2D eigenvalue weighted by Crippen LogP contribution is -2.18. The van der Waals surface area contributed by atoms with Crippen molar-refractivity contribution in [1.82, 2.24) is 0 Å². The molecule has 0 radical (unpaired) electrons. The SMILES string of the molecule is CCCCCCCCOC(CC#N)OCCCCCCCC. The van der Waals surface area contributed by atoms with Crippen LogP contribution in [0.3, 0.4) is 0 Å². The minimum atomic E-state index is -0.323. The second kappa shape index (κ2) is 18.5. The summed E-state index contributed by atoms with van der Waals surface area (Å²) in [6.45, 7) is 5.90. The Morgan fingerprint density at radius 2 is 1.09 bits per heavy atom. The van der Waals surface area contributed by atoms with Gasteiger partial charge >= 0.3 is 0 Å². The van der Waals surface area contributed by atoms with E-state index in [4.69, 9.17) is 14.7 Å². The van der Waals surface area contributed by atoms with E-state index in [1.165, 1.54) is 64.2 Å². The second-order valence-corrected chi connectivity index (χ2v) is 6.07. The first-order chi connectivity index (χ1) is 10.8. The molecule has 0 spiro atoms. The van der Waals surface area contributed by atoms with Crippen LogP contribution in [0.2, 0.25) is 0 Å². The second-order valence-electron chi connectivity index (χ2n) is 6.07.